The molecule has 8 heteroatoms. The number of thiophene rings is 1. The van der Waals surface area contributed by atoms with Crippen LogP contribution in [-0.4, -0.2) is 29.0 Å². The summed E-state index contributed by atoms with van der Waals surface area (Å²) >= 11 is 9.29. The minimum Gasteiger partial charge on any atom is -0.497 e. The van der Waals surface area contributed by atoms with Gasteiger partial charge in [-0.25, -0.2) is 4.98 Å². The molecule has 0 unspecified atom stereocenters. The molecule has 0 bridgehead atoms. The van der Waals surface area contributed by atoms with Gasteiger partial charge < -0.3 is 9.47 Å². The van der Waals surface area contributed by atoms with Crippen molar-refractivity contribution in [2.75, 3.05) is 19.5 Å². The van der Waals surface area contributed by atoms with Gasteiger partial charge in [0.15, 0.2) is 5.16 Å². The highest BCUT2D eigenvalue weighted by atomic mass is 35.5. The molecular formula is C25H25ClN2O3S2. The van der Waals surface area contributed by atoms with E-state index in [1.165, 1.54) is 16.6 Å². The van der Waals surface area contributed by atoms with Crippen LogP contribution in [0.25, 0.3) is 15.9 Å². The molecule has 0 amide bonds. The molecule has 0 saturated heterocycles. The first kappa shape index (κ1) is 23.7. The zero-order valence-electron chi connectivity index (χ0n) is 18.8. The van der Waals surface area contributed by atoms with Gasteiger partial charge in [0, 0.05) is 10.6 Å². The van der Waals surface area contributed by atoms with E-state index in [2.05, 4.69) is 6.92 Å². The second-order valence-electron chi connectivity index (χ2n) is 7.44. The summed E-state index contributed by atoms with van der Waals surface area (Å²) in [5.41, 5.74) is 1.75. The van der Waals surface area contributed by atoms with E-state index < -0.39 is 0 Å². The fourth-order valence-electron chi connectivity index (χ4n) is 3.58. The number of thioether (sulfide) groups is 1. The number of aryl methyl sites for hydroxylation is 2. The topological polar surface area (TPSA) is 53.4 Å². The molecular weight excluding hydrogens is 476 g/mol. The van der Waals surface area contributed by atoms with Gasteiger partial charge in [0.2, 0.25) is 0 Å². The SMILES string of the molecule is CCCc1sc2nc(SCCOc3ccccc3Cl)n(-c3ccc(OC)cc3)c(=O)c2c1C. The predicted molar refractivity (Wildman–Crippen MR) is 138 cm³/mol. The molecule has 4 aromatic rings. The van der Waals surface area contributed by atoms with E-state index in [0.29, 0.717) is 33.7 Å². The second-order valence-corrected chi connectivity index (χ2v) is 9.99. The van der Waals surface area contributed by atoms with Crippen LogP contribution in [0, 0.1) is 6.92 Å². The maximum absolute atomic E-state index is 13.7. The van der Waals surface area contributed by atoms with Crippen LogP contribution in [0.3, 0.4) is 0 Å². The van der Waals surface area contributed by atoms with Gasteiger partial charge in [-0.3, -0.25) is 9.36 Å². The van der Waals surface area contributed by atoms with E-state index >= 15 is 0 Å². The Morgan fingerprint density at radius 3 is 2.61 bits per heavy atom. The Labute approximate surface area is 206 Å². The monoisotopic (exact) mass is 500 g/mol. The predicted octanol–water partition coefficient (Wildman–Crippen LogP) is 6.54. The highest BCUT2D eigenvalue weighted by molar-refractivity contribution is 7.99. The summed E-state index contributed by atoms with van der Waals surface area (Å²) in [6, 6.07) is 14.9. The number of hydrogen-bond donors (Lipinski definition) is 0. The zero-order chi connectivity index (χ0) is 23.4. The maximum Gasteiger partial charge on any atom is 0.267 e. The Kier molecular flexibility index (Phi) is 7.63. The van der Waals surface area contributed by atoms with Crippen LogP contribution in [0.2, 0.25) is 5.02 Å². The van der Waals surface area contributed by atoms with Crippen LogP contribution in [0.4, 0.5) is 0 Å². The molecule has 2 aromatic carbocycles. The standard InChI is InChI=1S/C25H25ClN2O3S2/c1-4-7-21-16(2)22-23(33-21)27-25(32-15-14-31-20-9-6-5-8-19(20)26)28(24(22)29)17-10-12-18(30-3)13-11-17/h5-6,8-13H,4,7,14-15H2,1-3H3. The molecule has 2 aromatic heterocycles. The minimum absolute atomic E-state index is 0.0456. The smallest absolute Gasteiger partial charge is 0.267 e. The summed E-state index contributed by atoms with van der Waals surface area (Å²) in [4.78, 5) is 20.6. The molecule has 0 fully saturated rings. The Hall–Kier alpha value is -2.48. The Morgan fingerprint density at radius 1 is 1.15 bits per heavy atom. The summed E-state index contributed by atoms with van der Waals surface area (Å²) in [5.74, 6) is 2.00. The lowest BCUT2D eigenvalue weighted by Crippen LogP contribution is -2.22. The number of rotatable bonds is 9. The first-order valence-electron chi connectivity index (χ1n) is 10.7. The van der Waals surface area contributed by atoms with E-state index in [0.717, 1.165) is 34.7 Å². The number of halogens is 1. The van der Waals surface area contributed by atoms with Gasteiger partial charge in [0.05, 0.1) is 29.8 Å². The van der Waals surface area contributed by atoms with Crippen molar-refractivity contribution in [3.63, 3.8) is 0 Å². The summed E-state index contributed by atoms with van der Waals surface area (Å²) in [6.07, 6.45) is 1.98. The molecule has 2 heterocycles. The van der Waals surface area contributed by atoms with Crippen molar-refractivity contribution in [3.8, 4) is 17.2 Å². The Balaban J connectivity index is 1.69. The fourth-order valence-corrected chi connectivity index (χ4v) is 5.92. The largest absolute Gasteiger partial charge is 0.497 e. The minimum atomic E-state index is -0.0456. The van der Waals surface area contributed by atoms with Gasteiger partial charge in [0.25, 0.3) is 5.56 Å². The molecule has 0 saturated carbocycles. The average molecular weight is 501 g/mol. The third-order valence-electron chi connectivity index (χ3n) is 5.25. The molecule has 33 heavy (non-hydrogen) atoms. The number of benzene rings is 2. The molecule has 0 aliphatic heterocycles. The van der Waals surface area contributed by atoms with Gasteiger partial charge in [-0.05, 0) is 55.3 Å². The second kappa shape index (κ2) is 10.6. The molecule has 0 aliphatic carbocycles. The van der Waals surface area contributed by atoms with E-state index in [1.807, 2.05) is 49.4 Å². The molecule has 5 nitrogen and oxygen atoms in total. The van der Waals surface area contributed by atoms with Crippen molar-refractivity contribution in [2.45, 2.75) is 31.8 Å². The lowest BCUT2D eigenvalue weighted by Gasteiger charge is -2.13. The number of methoxy groups -OCH3 is 1. The third kappa shape index (κ3) is 5.05. The van der Waals surface area contributed by atoms with Gasteiger partial charge in [0.1, 0.15) is 16.3 Å². The fraction of sp³-hybridized carbons (Fsp3) is 0.280. The number of fused-ring (bicyclic) bond motifs is 1. The third-order valence-corrected chi connectivity index (χ3v) is 7.71. The summed E-state index contributed by atoms with van der Waals surface area (Å²) in [7, 11) is 1.62. The lowest BCUT2D eigenvalue weighted by molar-refractivity contribution is 0.344. The van der Waals surface area contributed by atoms with Crippen molar-refractivity contribution >= 4 is 44.9 Å². The van der Waals surface area contributed by atoms with E-state index in [9.17, 15) is 4.79 Å². The van der Waals surface area contributed by atoms with Crippen molar-refractivity contribution in [1.82, 2.24) is 9.55 Å². The number of para-hydroxylation sites is 1. The zero-order valence-corrected chi connectivity index (χ0v) is 21.1. The number of hydrogen-bond acceptors (Lipinski definition) is 6. The van der Waals surface area contributed by atoms with Gasteiger partial charge in [-0.15, -0.1) is 11.3 Å². The van der Waals surface area contributed by atoms with Crippen LogP contribution < -0.4 is 15.0 Å². The molecule has 0 aliphatic rings. The molecule has 0 radical (unpaired) electrons. The van der Waals surface area contributed by atoms with E-state index in [4.69, 9.17) is 26.1 Å². The summed E-state index contributed by atoms with van der Waals surface area (Å²) < 4.78 is 12.8. The van der Waals surface area contributed by atoms with Gasteiger partial charge in [-0.2, -0.15) is 0 Å². The lowest BCUT2D eigenvalue weighted by atomic mass is 10.1. The number of nitrogens with zero attached hydrogens (tertiary/aromatic N) is 2. The molecule has 0 spiro atoms. The molecule has 4 rings (SSSR count). The molecule has 0 atom stereocenters. The first-order chi connectivity index (χ1) is 16.0. The van der Waals surface area contributed by atoms with Crippen LogP contribution in [0.1, 0.15) is 23.8 Å². The first-order valence-corrected chi connectivity index (χ1v) is 12.9. The van der Waals surface area contributed by atoms with Crippen LogP contribution >= 0.6 is 34.7 Å². The van der Waals surface area contributed by atoms with Crippen LogP contribution in [0.15, 0.2) is 58.5 Å². The Bertz CT molecular complexity index is 1320. The van der Waals surface area contributed by atoms with Crippen LogP contribution in [0.5, 0.6) is 11.5 Å². The van der Waals surface area contributed by atoms with Crippen molar-refractivity contribution < 1.29 is 9.47 Å². The highest BCUT2D eigenvalue weighted by Gasteiger charge is 2.19. The van der Waals surface area contributed by atoms with E-state index in [-0.39, 0.29) is 5.56 Å². The number of aromatic nitrogens is 2. The highest BCUT2D eigenvalue weighted by Crippen LogP contribution is 2.31. The quantitative estimate of drug-likeness (QED) is 0.148. The van der Waals surface area contributed by atoms with Crippen molar-refractivity contribution in [1.29, 1.82) is 0 Å². The van der Waals surface area contributed by atoms with Gasteiger partial charge in [-0.1, -0.05) is 48.8 Å². The summed E-state index contributed by atoms with van der Waals surface area (Å²) in [6.45, 7) is 4.61. The van der Waals surface area contributed by atoms with E-state index in [1.54, 1.807) is 29.1 Å². The van der Waals surface area contributed by atoms with Crippen molar-refractivity contribution in [2.24, 2.45) is 0 Å². The maximum atomic E-state index is 13.7. The Morgan fingerprint density at radius 2 is 1.91 bits per heavy atom. The molecule has 0 N–H and O–H groups in total. The van der Waals surface area contributed by atoms with Crippen LogP contribution in [-0.2, 0) is 6.42 Å². The average Bonchev–Trinajstić information content (AvgIpc) is 3.13. The molecule has 172 valence electrons. The number of ether oxygens (including phenoxy) is 2. The summed E-state index contributed by atoms with van der Waals surface area (Å²) in [5, 5.41) is 1.93. The van der Waals surface area contributed by atoms with Gasteiger partial charge >= 0.3 is 0 Å². The normalized spacial score (nSPS) is 11.2. The van der Waals surface area contributed by atoms with Crippen molar-refractivity contribution in [3.05, 3.63) is 74.3 Å².